The van der Waals surface area contributed by atoms with Crippen molar-refractivity contribution in [2.24, 2.45) is 11.8 Å². The monoisotopic (exact) mass is 820 g/mol. The van der Waals surface area contributed by atoms with E-state index in [4.69, 9.17) is 18.9 Å². The van der Waals surface area contributed by atoms with E-state index in [0.29, 0.717) is 32.0 Å². The van der Waals surface area contributed by atoms with E-state index in [1.807, 2.05) is 0 Å². The molecule has 2 atom stereocenters. The molecule has 8 heteroatoms. The van der Waals surface area contributed by atoms with Gasteiger partial charge in [0.2, 0.25) is 0 Å². The summed E-state index contributed by atoms with van der Waals surface area (Å²) >= 11 is 0. The van der Waals surface area contributed by atoms with E-state index in [0.717, 1.165) is 110 Å². The highest BCUT2D eigenvalue weighted by Crippen LogP contribution is 2.19. The van der Waals surface area contributed by atoms with Crippen molar-refractivity contribution in [2.45, 2.75) is 221 Å². The summed E-state index contributed by atoms with van der Waals surface area (Å²) in [6.07, 6.45) is 39.4. The largest absolute Gasteiger partial charge is 0.508 e. The van der Waals surface area contributed by atoms with E-state index in [1.165, 1.54) is 83.5 Å². The third-order valence-corrected chi connectivity index (χ3v) is 11.1. The van der Waals surface area contributed by atoms with Crippen molar-refractivity contribution < 1.29 is 33.3 Å². The van der Waals surface area contributed by atoms with Gasteiger partial charge >= 0.3 is 18.1 Å². The van der Waals surface area contributed by atoms with Crippen LogP contribution in [0.1, 0.15) is 221 Å². The number of carbonyl (C=O) groups excluding carboxylic acids is 3. The fraction of sp³-hybridized carbons (Fsp3) is 0.860. The second-order valence-electron chi connectivity index (χ2n) is 16.5. The van der Waals surface area contributed by atoms with E-state index < -0.39 is 6.16 Å². The second-order valence-corrected chi connectivity index (χ2v) is 16.5. The predicted molar refractivity (Wildman–Crippen MR) is 243 cm³/mol. The van der Waals surface area contributed by atoms with Gasteiger partial charge in [-0.25, -0.2) is 4.79 Å². The lowest BCUT2D eigenvalue weighted by Crippen LogP contribution is -2.25. The minimum absolute atomic E-state index is 0.0506. The van der Waals surface area contributed by atoms with Crippen LogP contribution in [-0.2, 0) is 28.5 Å². The summed E-state index contributed by atoms with van der Waals surface area (Å²) < 4.78 is 22.2. The third-order valence-electron chi connectivity index (χ3n) is 11.1. The summed E-state index contributed by atoms with van der Waals surface area (Å²) in [6, 6.07) is 0. The van der Waals surface area contributed by atoms with Crippen molar-refractivity contribution in [3.05, 3.63) is 24.3 Å². The molecular formula is C50H93NO7. The molecule has 0 saturated heterocycles. The molecule has 0 aromatic heterocycles. The lowest BCUT2D eigenvalue weighted by Gasteiger charge is -2.18. The van der Waals surface area contributed by atoms with Crippen molar-refractivity contribution in [2.75, 3.05) is 46.1 Å². The average Bonchev–Trinajstić information content (AvgIpc) is 3.23. The SMILES string of the molecule is CCCCC/C=C\C/C=C\CCCCCCCC(=O)OCC(CCCCCCCCC(=O)OCC(CCCC)CCCCCC)COC(=O)OCCCN(CC)CC. The molecule has 0 bridgehead atoms. The van der Waals surface area contributed by atoms with Gasteiger partial charge in [0.1, 0.15) is 6.61 Å². The van der Waals surface area contributed by atoms with Gasteiger partial charge in [-0.1, -0.05) is 162 Å². The molecule has 0 rings (SSSR count). The molecule has 0 aliphatic carbocycles. The molecule has 0 radical (unpaired) electrons. The number of esters is 2. The summed E-state index contributed by atoms with van der Waals surface area (Å²) in [4.78, 5) is 39.7. The number of unbranched alkanes of at least 4 members (excludes halogenated alkanes) is 17. The molecule has 0 saturated carbocycles. The predicted octanol–water partition coefficient (Wildman–Crippen LogP) is 14.3. The van der Waals surface area contributed by atoms with Crippen molar-refractivity contribution in [1.82, 2.24) is 4.90 Å². The third kappa shape index (κ3) is 39.1. The molecule has 0 aliphatic rings. The molecule has 58 heavy (non-hydrogen) atoms. The van der Waals surface area contributed by atoms with Crippen molar-refractivity contribution >= 4 is 18.1 Å². The van der Waals surface area contributed by atoms with Gasteiger partial charge in [0, 0.05) is 25.3 Å². The number of carbonyl (C=O) groups is 3. The van der Waals surface area contributed by atoms with Crippen LogP contribution in [0.15, 0.2) is 24.3 Å². The second kappa shape index (κ2) is 44.2. The minimum Gasteiger partial charge on any atom is -0.465 e. The number of rotatable bonds is 43. The topological polar surface area (TPSA) is 91.4 Å². The molecule has 0 aromatic rings. The van der Waals surface area contributed by atoms with Crippen LogP contribution in [0.4, 0.5) is 4.79 Å². The van der Waals surface area contributed by atoms with Gasteiger partial charge in [-0.3, -0.25) is 9.59 Å². The Morgan fingerprint density at radius 2 is 0.897 bits per heavy atom. The zero-order chi connectivity index (χ0) is 42.6. The Hall–Kier alpha value is -2.35. The summed E-state index contributed by atoms with van der Waals surface area (Å²) in [6.45, 7) is 15.2. The van der Waals surface area contributed by atoms with Gasteiger partial charge < -0.3 is 23.8 Å². The van der Waals surface area contributed by atoms with Crippen LogP contribution in [0.2, 0.25) is 0 Å². The molecular weight excluding hydrogens is 727 g/mol. The molecule has 0 heterocycles. The molecule has 340 valence electrons. The summed E-state index contributed by atoms with van der Waals surface area (Å²) in [7, 11) is 0. The van der Waals surface area contributed by atoms with Crippen LogP contribution >= 0.6 is 0 Å². The molecule has 2 unspecified atom stereocenters. The van der Waals surface area contributed by atoms with Crippen molar-refractivity contribution in [3.63, 3.8) is 0 Å². The van der Waals surface area contributed by atoms with Crippen LogP contribution in [0, 0.1) is 11.8 Å². The van der Waals surface area contributed by atoms with Gasteiger partial charge in [-0.15, -0.1) is 0 Å². The quantitative estimate of drug-likeness (QED) is 0.0260. The molecule has 0 fully saturated rings. The van der Waals surface area contributed by atoms with E-state index >= 15 is 0 Å². The Balaban J connectivity index is 4.42. The van der Waals surface area contributed by atoms with Crippen LogP contribution in [0.3, 0.4) is 0 Å². The average molecular weight is 820 g/mol. The Morgan fingerprint density at radius 3 is 1.48 bits per heavy atom. The Bertz CT molecular complexity index is 979. The van der Waals surface area contributed by atoms with Crippen LogP contribution in [0.25, 0.3) is 0 Å². The van der Waals surface area contributed by atoms with Gasteiger partial charge in [0.25, 0.3) is 0 Å². The smallest absolute Gasteiger partial charge is 0.465 e. The standard InChI is InChI=1S/C50H93NO7/c1-6-11-14-16-17-18-19-20-21-22-23-24-25-29-33-40-49(53)57-44-47(45-58-50(54)55-42-35-41-51(9-4)10-5)38-32-28-26-27-30-34-39-48(52)56-43-46(36-13-8-3)37-31-15-12-7-2/h17-18,20-21,46-47H,6-16,19,22-45H2,1-5H3/b18-17-,21-20-. The Kier molecular flexibility index (Phi) is 42.4. The number of nitrogens with zero attached hydrogens (tertiary/aromatic N) is 1. The van der Waals surface area contributed by atoms with Gasteiger partial charge in [0.15, 0.2) is 0 Å². The van der Waals surface area contributed by atoms with Gasteiger partial charge in [0.05, 0.1) is 19.8 Å². The normalized spacial score (nSPS) is 12.7. The maximum absolute atomic E-state index is 12.6. The highest BCUT2D eigenvalue weighted by molar-refractivity contribution is 5.69. The highest BCUT2D eigenvalue weighted by atomic mass is 16.7. The van der Waals surface area contributed by atoms with Crippen LogP contribution in [0.5, 0.6) is 0 Å². The summed E-state index contributed by atoms with van der Waals surface area (Å²) in [5, 5.41) is 0. The number of hydrogen-bond acceptors (Lipinski definition) is 8. The van der Waals surface area contributed by atoms with Crippen LogP contribution < -0.4 is 0 Å². The number of allylic oxidation sites excluding steroid dienone is 4. The lowest BCUT2D eigenvalue weighted by molar-refractivity contribution is -0.146. The number of hydrogen-bond donors (Lipinski definition) is 0. The molecule has 0 N–H and O–H groups in total. The molecule has 8 nitrogen and oxygen atoms in total. The lowest BCUT2D eigenvalue weighted by atomic mass is 9.96. The van der Waals surface area contributed by atoms with Crippen molar-refractivity contribution in [3.8, 4) is 0 Å². The first-order valence-corrected chi connectivity index (χ1v) is 24.5. The first-order valence-electron chi connectivity index (χ1n) is 24.5. The van der Waals surface area contributed by atoms with E-state index in [-0.39, 0.29) is 31.1 Å². The Morgan fingerprint density at radius 1 is 0.448 bits per heavy atom. The molecule has 0 spiro atoms. The maximum atomic E-state index is 12.6. The zero-order valence-corrected chi connectivity index (χ0v) is 38.7. The van der Waals surface area contributed by atoms with E-state index in [9.17, 15) is 14.4 Å². The molecule has 0 amide bonds. The highest BCUT2D eigenvalue weighted by Gasteiger charge is 2.16. The van der Waals surface area contributed by atoms with E-state index in [2.05, 4.69) is 63.8 Å². The first-order chi connectivity index (χ1) is 28.4. The van der Waals surface area contributed by atoms with Gasteiger partial charge in [-0.2, -0.15) is 0 Å². The summed E-state index contributed by atoms with van der Waals surface area (Å²) in [5.74, 6) is 0.226. The Labute approximate surface area is 358 Å². The molecule has 0 aliphatic heterocycles. The maximum Gasteiger partial charge on any atom is 0.508 e. The van der Waals surface area contributed by atoms with Crippen LogP contribution in [-0.4, -0.2) is 69.1 Å². The van der Waals surface area contributed by atoms with Crippen molar-refractivity contribution in [1.29, 1.82) is 0 Å². The summed E-state index contributed by atoms with van der Waals surface area (Å²) in [5.41, 5.74) is 0. The first kappa shape index (κ1) is 55.7. The van der Waals surface area contributed by atoms with Gasteiger partial charge in [-0.05, 0) is 89.6 Å². The fourth-order valence-corrected chi connectivity index (χ4v) is 7.15. The fourth-order valence-electron chi connectivity index (χ4n) is 7.15. The zero-order valence-electron chi connectivity index (χ0n) is 38.7. The van der Waals surface area contributed by atoms with E-state index in [1.54, 1.807) is 0 Å². The minimum atomic E-state index is -0.650. The molecule has 0 aromatic carbocycles. The number of ether oxygens (including phenoxy) is 4.